The number of aromatic nitrogens is 1. The van der Waals surface area contributed by atoms with E-state index < -0.39 is 0 Å². The molecule has 0 aromatic carbocycles. The van der Waals surface area contributed by atoms with Gasteiger partial charge in [-0.2, -0.15) is 0 Å². The second kappa shape index (κ2) is 11.2. The first kappa shape index (κ1) is 20.7. The van der Waals surface area contributed by atoms with Gasteiger partial charge in [0, 0.05) is 24.2 Å². The second-order valence-electron chi connectivity index (χ2n) is 7.61. The van der Waals surface area contributed by atoms with Crippen molar-refractivity contribution in [2.24, 2.45) is 5.73 Å². The molecule has 0 spiro atoms. The molecular weight excluding hydrogens is 330 g/mol. The van der Waals surface area contributed by atoms with Crippen molar-refractivity contribution in [2.75, 3.05) is 13.1 Å². The first-order valence-electron chi connectivity index (χ1n) is 10.3. The summed E-state index contributed by atoms with van der Waals surface area (Å²) in [6.45, 7) is 7.00. The highest BCUT2D eigenvalue weighted by molar-refractivity contribution is 6.29. The topological polar surface area (TPSA) is 42.1 Å². The Morgan fingerprint density at radius 2 is 1.76 bits per heavy atom. The van der Waals surface area contributed by atoms with Crippen LogP contribution in [0, 0.1) is 0 Å². The lowest BCUT2D eigenvalue weighted by atomic mass is 9.77. The Kier molecular flexibility index (Phi) is 9.22. The maximum Gasteiger partial charge on any atom is 0.129 e. The lowest BCUT2D eigenvalue weighted by Crippen LogP contribution is -2.46. The standard InChI is InChI=1S/C21H36ClN3/c1-3-5-7-13-25(14-8-6-4-2)20-11-10-18(23)15-19(20)17-9-12-21(22)24-16-17/h9,12,16,18-20H,3-8,10-11,13-15,23H2,1-2H3. The Morgan fingerprint density at radius 3 is 2.32 bits per heavy atom. The Morgan fingerprint density at radius 1 is 1.08 bits per heavy atom. The van der Waals surface area contributed by atoms with Crippen LogP contribution in [0.4, 0.5) is 0 Å². The number of nitrogens with zero attached hydrogens (tertiary/aromatic N) is 2. The van der Waals surface area contributed by atoms with Gasteiger partial charge in [0.1, 0.15) is 5.15 Å². The molecule has 1 aromatic heterocycles. The second-order valence-corrected chi connectivity index (χ2v) is 8.00. The van der Waals surface area contributed by atoms with E-state index in [0.717, 1.165) is 12.8 Å². The van der Waals surface area contributed by atoms with Gasteiger partial charge in [-0.15, -0.1) is 0 Å². The van der Waals surface area contributed by atoms with E-state index in [9.17, 15) is 0 Å². The molecule has 1 aromatic rings. The fourth-order valence-electron chi connectivity index (χ4n) is 4.16. The average molecular weight is 366 g/mol. The molecule has 1 fully saturated rings. The van der Waals surface area contributed by atoms with Crippen LogP contribution >= 0.6 is 11.6 Å². The maximum atomic E-state index is 6.33. The molecule has 2 rings (SSSR count). The van der Waals surface area contributed by atoms with Crippen LogP contribution in [0.15, 0.2) is 18.3 Å². The zero-order valence-electron chi connectivity index (χ0n) is 16.1. The largest absolute Gasteiger partial charge is 0.328 e. The van der Waals surface area contributed by atoms with E-state index in [1.54, 1.807) is 0 Å². The molecule has 0 radical (unpaired) electrons. The molecule has 0 amide bonds. The summed E-state index contributed by atoms with van der Waals surface area (Å²) in [6, 6.07) is 4.98. The van der Waals surface area contributed by atoms with E-state index in [-0.39, 0.29) is 0 Å². The minimum atomic E-state index is 0.310. The molecule has 25 heavy (non-hydrogen) atoms. The number of hydrogen-bond acceptors (Lipinski definition) is 3. The molecule has 1 aliphatic rings. The van der Waals surface area contributed by atoms with Crippen LogP contribution in [-0.4, -0.2) is 35.1 Å². The minimum absolute atomic E-state index is 0.310. The minimum Gasteiger partial charge on any atom is -0.328 e. The average Bonchev–Trinajstić information content (AvgIpc) is 2.61. The predicted molar refractivity (Wildman–Crippen MR) is 108 cm³/mol. The van der Waals surface area contributed by atoms with Crippen LogP contribution in [-0.2, 0) is 0 Å². The number of rotatable bonds is 10. The van der Waals surface area contributed by atoms with Crippen LogP contribution < -0.4 is 5.73 Å². The van der Waals surface area contributed by atoms with Gasteiger partial charge in [0.25, 0.3) is 0 Å². The zero-order valence-corrected chi connectivity index (χ0v) is 16.8. The summed E-state index contributed by atoms with van der Waals surface area (Å²) in [6.07, 6.45) is 13.2. The molecule has 1 heterocycles. The normalized spacial score (nSPS) is 24.0. The van der Waals surface area contributed by atoms with Gasteiger partial charge in [0.05, 0.1) is 0 Å². The molecule has 3 nitrogen and oxygen atoms in total. The Balaban J connectivity index is 2.12. The Labute approximate surface area is 159 Å². The van der Waals surface area contributed by atoms with Gasteiger partial charge in [-0.3, -0.25) is 4.90 Å². The molecule has 142 valence electrons. The lowest BCUT2D eigenvalue weighted by molar-refractivity contribution is 0.124. The van der Waals surface area contributed by atoms with E-state index in [2.05, 4.69) is 29.8 Å². The molecule has 0 bridgehead atoms. The summed E-state index contributed by atoms with van der Waals surface area (Å²) in [7, 11) is 0. The predicted octanol–water partition coefficient (Wildman–Crippen LogP) is 5.38. The fourth-order valence-corrected chi connectivity index (χ4v) is 4.27. The first-order valence-corrected chi connectivity index (χ1v) is 10.6. The Hall–Kier alpha value is -0.640. The number of halogens is 1. The summed E-state index contributed by atoms with van der Waals surface area (Å²) in [5.41, 5.74) is 7.64. The van der Waals surface area contributed by atoms with Crippen LogP contribution in [0.1, 0.15) is 83.1 Å². The summed E-state index contributed by atoms with van der Waals surface area (Å²) < 4.78 is 0. The third kappa shape index (κ3) is 6.54. The van der Waals surface area contributed by atoms with E-state index in [4.69, 9.17) is 17.3 Å². The van der Waals surface area contributed by atoms with Crippen LogP contribution in [0.5, 0.6) is 0 Å². The summed E-state index contributed by atoms with van der Waals surface area (Å²) >= 11 is 6.00. The van der Waals surface area contributed by atoms with Gasteiger partial charge in [0.2, 0.25) is 0 Å². The first-order chi connectivity index (χ1) is 12.2. The summed E-state index contributed by atoms with van der Waals surface area (Å²) in [5.74, 6) is 0.483. The quantitative estimate of drug-likeness (QED) is 0.447. The zero-order chi connectivity index (χ0) is 18.1. The number of hydrogen-bond donors (Lipinski definition) is 1. The third-order valence-corrected chi connectivity index (χ3v) is 5.82. The highest BCUT2D eigenvalue weighted by Crippen LogP contribution is 2.36. The molecule has 4 heteroatoms. The van der Waals surface area contributed by atoms with Crippen molar-refractivity contribution in [3.63, 3.8) is 0 Å². The van der Waals surface area contributed by atoms with Gasteiger partial charge < -0.3 is 5.73 Å². The molecular formula is C21H36ClN3. The molecule has 3 atom stereocenters. The van der Waals surface area contributed by atoms with E-state index in [1.165, 1.54) is 63.6 Å². The number of nitrogens with two attached hydrogens (primary N) is 1. The van der Waals surface area contributed by atoms with Crippen LogP contribution in [0.3, 0.4) is 0 Å². The van der Waals surface area contributed by atoms with Crippen molar-refractivity contribution in [2.45, 2.75) is 89.6 Å². The van der Waals surface area contributed by atoms with E-state index in [0.29, 0.717) is 23.2 Å². The van der Waals surface area contributed by atoms with E-state index >= 15 is 0 Å². The summed E-state index contributed by atoms with van der Waals surface area (Å²) in [5, 5.41) is 0.572. The van der Waals surface area contributed by atoms with E-state index in [1.807, 2.05) is 12.3 Å². The molecule has 1 aliphatic carbocycles. The van der Waals surface area contributed by atoms with Crippen molar-refractivity contribution >= 4 is 11.6 Å². The third-order valence-electron chi connectivity index (χ3n) is 5.60. The molecule has 1 saturated carbocycles. The van der Waals surface area contributed by atoms with Crippen LogP contribution in [0.2, 0.25) is 5.15 Å². The number of unbranched alkanes of at least 4 members (excludes halogenated alkanes) is 4. The van der Waals surface area contributed by atoms with Crippen molar-refractivity contribution in [3.05, 3.63) is 29.0 Å². The van der Waals surface area contributed by atoms with Gasteiger partial charge in [-0.25, -0.2) is 4.98 Å². The highest BCUT2D eigenvalue weighted by atomic mass is 35.5. The lowest BCUT2D eigenvalue weighted by Gasteiger charge is -2.42. The SMILES string of the molecule is CCCCCN(CCCCC)C1CCC(N)CC1c1ccc(Cl)nc1. The van der Waals surface area contributed by atoms with Crippen molar-refractivity contribution in [1.82, 2.24) is 9.88 Å². The highest BCUT2D eigenvalue weighted by Gasteiger charge is 2.33. The van der Waals surface area contributed by atoms with Gasteiger partial charge in [-0.1, -0.05) is 57.2 Å². The molecule has 2 N–H and O–H groups in total. The van der Waals surface area contributed by atoms with Crippen molar-refractivity contribution < 1.29 is 0 Å². The van der Waals surface area contributed by atoms with Crippen molar-refractivity contribution in [1.29, 1.82) is 0 Å². The molecule has 0 aliphatic heterocycles. The number of pyridine rings is 1. The van der Waals surface area contributed by atoms with Gasteiger partial charge >= 0.3 is 0 Å². The van der Waals surface area contributed by atoms with Crippen molar-refractivity contribution in [3.8, 4) is 0 Å². The van der Waals surface area contributed by atoms with Gasteiger partial charge in [-0.05, 0) is 56.8 Å². The van der Waals surface area contributed by atoms with Crippen LogP contribution in [0.25, 0.3) is 0 Å². The van der Waals surface area contributed by atoms with Gasteiger partial charge in [0.15, 0.2) is 0 Å². The smallest absolute Gasteiger partial charge is 0.129 e. The molecule has 3 unspecified atom stereocenters. The molecule has 0 saturated heterocycles. The fraction of sp³-hybridized carbons (Fsp3) is 0.762. The Bertz CT molecular complexity index is 467. The monoisotopic (exact) mass is 365 g/mol. The summed E-state index contributed by atoms with van der Waals surface area (Å²) in [4.78, 5) is 7.09. The maximum absolute atomic E-state index is 6.33.